The second kappa shape index (κ2) is 16.0. The third-order valence-corrected chi connectivity index (χ3v) is 6.94. The van der Waals surface area contributed by atoms with E-state index in [1.807, 2.05) is 13.8 Å². The van der Waals surface area contributed by atoms with Crippen LogP contribution < -0.4 is 20.7 Å². The fourth-order valence-electron chi connectivity index (χ4n) is 4.13. The first-order valence-corrected chi connectivity index (χ1v) is 14.2. The molecule has 10 nitrogen and oxygen atoms in total. The maximum absolute atomic E-state index is 13.6. The molecule has 3 rings (SSSR count). The van der Waals surface area contributed by atoms with Crippen LogP contribution in [0.3, 0.4) is 0 Å². The van der Waals surface area contributed by atoms with Gasteiger partial charge in [0.2, 0.25) is 17.7 Å². The average molecular weight is 573 g/mol. The zero-order valence-corrected chi connectivity index (χ0v) is 24.1. The van der Waals surface area contributed by atoms with E-state index in [4.69, 9.17) is 14.2 Å². The predicted octanol–water partition coefficient (Wildman–Crippen LogP) is 3.25. The molecule has 0 saturated heterocycles. The number of halogens is 1. The van der Waals surface area contributed by atoms with E-state index in [9.17, 15) is 18.8 Å². The molecule has 1 aromatic carbocycles. The number of rotatable bonds is 18. The molecule has 0 bridgehead atoms. The predicted molar refractivity (Wildman–Crippen MR) is 152 cm³/mol. The maximum Gasteiger partial charge on any atom is 0.253 e. The van der Waals surface area contributed by atoms with E-state index < -0.39 is 11.4 Å². The van der Waals surface area contributed by atoms with Crippen LogP contribution in [0.1, 0.15) is 56.8 Å². The summed E-state index contributed by atoms with van der Waals surface area (Å²) in [6.07, 6.45) is 4.43. The molecule has 3 amide bonds. The van der Waals surface area contributed by atoms with Crippen LogP contribution in [0, 0.1) is 11.7 Å². The molecule has 1 aromatic heterocycles. The van der Waals surface area contributed by atoms with Crippen molar-refractivity contribution in [3.05, 3.63) is 47.9 Å². The van der Waals surface area contributed by atoms with Crippen LogP contribution in [0.25, 0.3) is 11.1 Å². The van der Waals surface area contributed by atoms with Crippen molar-refractivity contribution in [3.63, 3.8) is 0 Å². The lowest BCUT2D eigenvalue weighted by molar-refractivity contribution is -0.128. The molecule has 1 aliphatic rings. The Balaban J connectivity index is 1.57. The van der Waals surface area contributed by atoms with Gasteiger partial charge in [0.25, 0.3) is 5.91 Å². The summed E-state index contributed by atoms with van der Waals surface area (Å²) in [6, 6.07) is 7.60. The van der Waals surface area contributed by atoms with Gasteiger partial charge in [-0.3, -0.25) is 14.4 Å². The van der Waals surface area contributed by atoms with Gasteiger partial charge in [-0.2, -0.15) is 0 Å². The first-order chi connectivity index (χ1) is 19.8. The number of hydrogen-bond donors (Lipinski definition) is 3. The maximum atomic E-state index is 13.6. The quantitative estimate of drug-likeness (QED) is 0.234. The van der Waals surface area contributed by atoms with Gasteiger partial charge in [0.15, 0.2) is 0 Å². The molecule has 1 heterocycles. The number of ether oxygens (including phenoxy) is 3. The molecule has 0 unspecified atom stereocenters. The number of amides is 3. The van der Waals surface area contributed by atoms with E-state index >= 15 is 0 Å². The first-order valence-electron chi connectivity index (χ1n) is 14.2. The summed E-state index contributed by atoms with van der Waals surface area (Å²) < 4.78 is 30.4. The van der Waals surface area contributed by atoms with Crippen molar-refractivity contribution in [3.8, 4) is 17.0 Å². The van der Waals surface area contributed by atoms with Crippen molar-refractivity contribution >= 4 is 17.7 Å². The van der Waals surface area contributed by atoms with Crippen LogP contribution >= 0.6 is 0 Å². The fraction of sp³-hybridized carbons (Fsp3) is 0.533. The lowest BCUT2D eigenvalue weighted by Crippen LogP contribution is -2.58. The Morgan fingerprint density at radius 2 is 1.61 bits per heavy atom. The second-order valence-electron chi connectivity index (χ2n) is 10.0. The summed E-state index contributed by atoms with van der Waals surface area (Å²) >= 11 is 0. The fourth-order valence-corrected chi connectivity index (χ4v) is 4.13. The highest BCUT2D eigenvalue weighted by Gasteiger charge is 2.36. The third-order valence-electron chi connectivity index (χ3n) is 6.94. The Hall–Kier alpha value is -3.57. The molecular formula is C30H41FN4O6. The second-order valence-corrected chi connectivity index (χ2v) is 10.0. The Bertz CT molecular complexity index is 1150. The van der Waals surface area contributed by atoms with Crippen molar-refractivity contribution < 1.29 is 33.0 Å². The summed E-state index contributed by atoms with van der Waals surface area (Å²) in [7, 11) is 0. The normalized spacial score (nSPS) is 13.0. The van der Waals surface area contributed by atoms with Crippen LogP contribution in [-0.2, 0) is 19.1 Å². The average Bonchev–Trinajstić information content (AvgIpc) is 3.80. The third kappa shape index (κ3) is 10.1. The number of aromatic nitrogens is 1. The Morgan fingerprint density at radius 1 is 0.976 bits per heavy atom. The van der Waals surface area contributed by atoms with Gasteiger partial charge < -0.3 is 30.2 Å². The zero-order valence-electron chi connectivity index (χ0n) is 24.1. The molecule has 3 N–H and O–H groups in total. The molecule has 0 atom stereocenters. The Labute approximate surface area is 240 Å². The standard InChI is InChI=1S/C30H41FN4O6/c1-4-30(5-2,29(38)33-13-15-40-17-16-39-14-12-32-21(3)36)35-27(37)24-18-26(23-8-10-25(31)11-9-23)28(34-19-24)41-20-22-6-7-22/h8-11,18-19,22H,4-7,12-17,20H2,1-3H3,(H,32,36)(H,33,38)(H,35,37). The summed E-state index contributed by atoms with van der Waals surface area (Å²) in [5, 5.41) is 8.41. The summed E-state index contributed by atoms with van der Waals surface area (Å²) in [4.78, 5) is 41.8. The van der Waals surface area contributed by atoms with Crippen LogP contribution in [0.15, 0.2) is 36.5 Å². The van der Waals surface area contributed by atoms with E-state index in [-0.39, 0.29) is 36.3 Å². The molecule has 1 saturated carbocycles. The SMILES string of the molecule is CCC(CC)(NC(=O)c1cnc(OCC2CC2)c(-c2ccc(F)cc2)c1)C(=O)NCCOCCOCCNC(C)=O. The van der Waals surface area contributed by atoms with Gasteiger partial charge in [-0.25, -0.2) is 9.37 Å². The highest BCUT2D eigenvalue weighted by Crippen LogP contribution is 2.33. The summed E-state index contributed by atoms with van der Waals surface area (Å²) in [6.45, 7) is 7.78. The van der Waals surface area contributed by atoms with Crippen molar-refractivity contribution in [2.24, 2.45) is 5.92 Å². The smallest absolute Gasteiger partial charge is 0.253 e. The van der Waals surface area contributed by atoms with Crippen molar-refractivity contribution in [1.29, 1.82) is 0 Å². The highest BCUT2D eigenvalue weighted by atomic mass is 19.1. The lowest BCUT2D eigenvalue weighted by Gasteiger charge is -2.31. The van der Waals surface area contributed by atoms with Crippen molar-refractivity contribution in [2.75, 3.05) is 46.1 Å². The van der Waals surface area contributed by atoms with E-state index in [0.29, 0.717) is 68.7 Å². The molecular weight excluding hydrogens is 531 g/mol. The summed E-state index contributed by atoms with van der Waals surface area (Å²) in [5.41, 5.74) is 0.398. The van der Waals surface area contributed by atoms with E-state index in [1.54, 1.807) is 18.2 Å². The van der Waals surface area contributed by atoms with Gasteiger partial charge >= 0.3 is 0 Å². The van der Waals surface area contributed by atoms with Crippen LogP contribution in [0.5, 0.6) is 5.88 Å². The molecule has 224 valence electrons. The first kappa shape index (κ1) is 32.0. The molecule has 2 aromatic rings. The lowest BCUT2D eigenvalue weighted by atomic mass is 9.91. The van der Waals surface area contributed by atoms with Crippen molar-refractivity contribution in [1.82, 2.24) is 20.9 Å². The highest BCUT2D eigenvalue weighted by molar-refractivity contribution is 6.00. The van der Waals surface area contributed by atoms with Gasteiger partial charge in [-0.15, -0.1) is 0 Å². The number of benzene rings is 1. The van der Waals surface area contributed by atoms with E-state index in [0.717, 1.165) is 12.8 Å². The topological polar surface area (TPSA) is 128 Å². The van der Waals surface area contributed by atoms with Gasteiger partial charge in [-0.05, 0) is 55.4 Å². The monoisotopic (exact) mass is 572 g/mol. The zero-order chi connectivity index (χ0) is 29.7. The van der Waals surface area contributed by atoms with Crippen LogP contribution in [-0.4, -0.2) is 74.4 Å². The molecule has 11 heteroatoms. The van der Waals surface area contributed by atoms with Gasteiger partial charge in [0.05, 0.1) is 38.6 Å². The molecule has 0 spiro atoms. The Morgan fingerprint density at radius 3 is 2.20 bits per heavy atom. The number of pyridine rings is 1. The van der Waals surface area contributed by atoms with Gasteiger partial charge in [0.1, 0.15) is 11.4 Å². The molecule has 0 radical (unpaired) electrons. The number of carbonyl (C=O) groups is 3. The minimum Gasteiger partial charge on any atom is -0.477 e. The number of nitrogens with zero attached hydrogens (tertiary/aromatic N) is 1. The van der Waals surface area contributed by atoms with Crippen LogP contribution in [0.2, 0.25) is 0 Å². The van der Waals surface area contributed by atoms with Crippen LogP contribution in [0.4, 0.5) is 4.39 Å². The van der Waals surface area contributed by atoms with E-state index in [1.165, 1.54) is 25.3 Å². The van der Waals surface area contributed by atoms with E-state index in [2.05, 4.69) is 20.9 Å². The summed E-state index contributed by atoms with van der Waals surface area (Å²) in [5.74, 6) is -0.328. The molecule has 1 fully saturated rings. The minimum atomic E-state index is -1.12. The number of hydrogen-bond acceptors (Lipinski definition) is 7. The van der Waals surface area contributed by atoms with Gasteiger partial charge in [-0.1, -0.05) is 26.0 Å². The molecule has 0 aliphatic heterocycles. The molecule has 1 aliphatic carbocycles. The van der Waals surface area contributed by atoms with Crippen molar-refractivity contribution in [2.45, 2.75) is 52.0 Å². The Kier molecular flexibility index (Phi) is 12.5. The number of nitrogens with one attached hydrogen (secondary N) is 3. The minimum absolute atomic E-state index is 0.106. The molecule has 41 heavy (non-hydrogen) atoms. The number of carbonyl (C=O) groups excluding carboxylic acids is 3. The van der Waals surface area contributed by atoms with Gasteiger partial charge in [0, 0.05) is 31.8 Å². The largest absolute Gasteiger partial charge is 0.477 e.